The predicted octanol–water partition coefficient (Wildman–Crippen LogP) is 7.02. The molecule has 4 amide bonds. The molecule has 38 heavy (non-hydrogen) atoms. The zero-order chi connectivity index (χ0) is 28.5. The molecule has 3 aromatic rings. The molecule has 200 valence electrons. The standard InChI is InChI=1S/C25H21F3N4O4.C2H6/c1-3-31(16-33)21-13-12-18(25(26,27)28)15-22(21)32(19-9-5-4-6-10-19)24(35)30(2)20-11-7-8-17(14-20)23(34)29-36;1-2/h4-16H,3H2,1-2H3;1-2H3. The molecule has 3 aromatic carbocycles. The summed E-state index contributed by atoms with van der Waals surface area (Å²) in [7, 11) is 1.36. The molecule has 0 saturated carbocycles. The van der Waals surface area contributed by atoms with Crippen molar-refractivity contribution in [3.63, 3.8) is 0 Å². The van der Waals surface area contributed by atoms with E-state index in [0.29, 0.717) is 6.41 Å². The van der Waals surface area contributed by atoms with Crippen LogP contribution in [0.25, 0.3) is 0 Å². The number of para-hydroxylation sites is 1. The number of carbonyl (C=O) groups excluding carboxylic acids is 3. The number of benzene rings is 3. The molecule has 0 fully saturated rings. The van der Waals surface area contributed by atoms with E-state index in [1.54, 1.807) is 25.1 Å². The molecule has 3 rings (SSSR count). The molecular formula is C27H27F3N4O4. The second-order valence-corrected chi connectivity index (χ2v) is 7.55. The summed E-state index contributed by atoms with van der Waals surface area (Å²) in [5.41, 5.74) is -0.746. The highest BCUT2D eigenvalue weighted by atomic mass is 19.4. The third-order valence-corrected chi connectivity index (χ3v) is 5.38. The van der Waals surface area contributed by atoms with Crippen molar-refractivity contribution >= 4 is 41.1 Å². The first-order valence-electron chi connectivity index (χ1n) is 11.7. The number of nitroso groups, excluding NO2 is 1. The molecule has 0 aliphatic rings. The fourth-order valence-electron chi connectivity index (χ4n) is 3.51. The van der Waals surface area contributed by atoms with Gasteiger partial charge in [-0.2, -0.15) is 13.2 Å². The molecule has 8 nitrogen and oxygen atoms in total. The summed E-state index contributed by atoms with van der Waals surface area (Å²) in [6, 6.07) is 15.5. The molecule has 0 bridgehead atoms. The van der Waals surface area contributed by atoms with Gasteiger partial charge in [-0.15, -0.1) is 4.91 Å². The highest BCUT2D eigenvalue weighted by Crippen LogP contribution is 2.40. The lowest BCUT2D eigenvalue weighted by Crippen LogP contribution is -2.39. The number of carbonyl (C=O) groups is 3. The third-order valence-electron chi connectivity index (χ3n) is 5.38. The van der Waals surface area contributed by atoms with Crippen molar-refractivity contribution in [3.05, 3.63) is 88.8 Å². The molecule has 0 unspecified atom stereocenters. The molecule has 0 aromatic heterocycles. The van der Waals surface area contributed by atoms with Crippen LogP contribution in [0.2, 0.25) is 0 Å². The predicted molar refractivity (Wildman–Crippen MR) is 141 cm³/mol. The number of rotatable bonds is 7. The molecule has 0 aliphatic heterocycles. The van der Waals surface area contributed by atoms with Crippen molar-refractivity contribution in [2.45, 2.75) is 26.9 Å². The van der Waals surface area contributed by atoms with Crippen LogP contribution in [0.3, 0.4) is 0 Å². The smallest absolute Gasteiger partial charge is 0.313 e. The van der Waals surface area contributed by atoms with Crippen LogP contribution in [0.1, 0.15) is 36.7 Å². The fraction of sp³-hybridized carbons (Fsp3) is 0.222. The van der Waals surface area contributed by atoms with Crippen LogP contribution >= 0.6 is 0 Å². The van der Waals surface area contributed by atoms with Gasteiger partial charge in [0, 0.05) is 30.0 Å². The topological polar surface area (TPSA) is 90.4 Å². The lowest BCUT2D eigenvalue weighted by atomic mass is 10.1. The summed E-state index contributed by atoms with van der Waals surface area (Å²) >= 11 is 0. The van der Waals surface area contributed by atoms with Crippen LogP contribution in [0.5, 0.6) is 0 Å². The maximum Gasteiger partial charge on any atom is 0.416 e. The van der Waals surface area contributed by atoms with Gasteiger partial charge in [-0.25, -0.2) is 4.79 Å². The van der Waals surface area contributed by atoms with Gasteiger partial charge in [0.15, 0.2) is 0 Å². The Morgan fingerprint density at radius 3 is 2.08 bits per heavy atom. The zero-order valence-electron chi connectivity index (χ0n) is 21.3. The fourth-order valence-corrected chi connectivity index (χ4v) is 3.51. The van der Waals surface area contributed by atoms with Gasteiger partial charge < -0.3 is 4.90 Å². The molecule has 0 heterocycles. The molecule has 0 radical (unpaired) electrons. The molecule has 0 saturated heterocycles. The maximum atomic E-state index is 13.8. The van der Waals surface area contributed by atoms with Gasteiger partial charge in [-0.3, -0.25) is 19.4 Å². The summed E-state index contributed by atoms with van der Waals surface area (Å²) in [5, 5.41) is 2.37. The highest BCUT2D eigenvalue weighted by Gasteiger charge is 2.34. The van der Waals surface area contributed by atoms with E-state index in [0.717, 1.165) is 28.0 Å². The van der Waals surface area contributed by atoms with Crippen LogP contribution in [0.4, 0.5) is 40.7 Å². The first-order chi connectivity index (χ1) is 18.1. The van der Waals surface area contributed by atoms with Gasteiger partial charge in [0.05, 0.1) is 22.6 Å². The van der Waals surface area contributed by atoms with E-state index in [1.807, 2.05) is 13.8 Å². The van der Waals surface area contributed by atoms with Crippen molar-refractivity contribution in [2.24, 2.45) is 5.18 Å². The Morgan fingerprint density at radius 1 is 0.895 bits per heavy atom. The molecular weight excluding hydrogens is 501 g/mol. The van der Waals surface area contributed by atoms with Crippen LogP contribution in [-0.4, -0.2) is 31.9 Å². The normalized spacial score (nSPS) is 10.5. The van der Waals surface area contributed by atoms with Crippen molar-refractivity contribution in [2.75, 3.05) is 28.3 Å². The van der Waals surface area contributed by atoms with E-state index in [9.17, 15) is 32.5 Å². The van der Waals surface area contributed by atoms with Crippen LogP contribution < -0.4 is 14.7 Å². The Labute approximate surface area is 218 Å². The van der Waals surface area contributed by atoms with Gasteiger partial charge in [-0.05, 0) is 55.5 Å². The van der Waals surface area contributed by atoms with E-state index in [1.165, 1.54) is 48.3 Å². The van der Waals surface area contributed by atoms with Crippen molar-refractivity contribution in [1.29, 1.82) is 0 Å². The quantitative estimate of drug-likeness (QED) is 0.244. The van der Waals surface area contributed by atoms with Gasteiger partial charge in [-0.1, -0.05) is 38.1 Å². The average molecular weight is 529 g/mol. The number of anilines is 4. The number of nitrogens with zero attached hydrogens (tertiary/aromatic N) is 4. The van der Waals surface area contributed by atoms with Gasteiger partial charge in [0.1, 0.15) is 0 Å². The Balaban J connectivity index is 0.00000247. The van der Waals surface area contributed by atoms with Gasteiger partial charge in [0.25, 0.3) is 0 Å². The Bertz CT molecular complexity index is 1280. The number of hydrogen-bond acceptors (Lipinski definition) is 4. The largest absolute Gasteiger partial charge is 0.416 e. The third kappa shape index (κ3) is 6.61. The lowest BCUT2D eigenvalue weighted by molar-refractivity contribution is -0.137. The second kappa shape index (κ2) is 13.1. The Morgan fingerprint density at radius 2 is 1.53 bits per heavy atom. The van der Waals surface area contributed by atoms with E-state index >= 15 is 0 Å². The monoisotopic (exact) mass is 528 g/mol. The van der Waals surface area contributed by atoms with Gasteiger partial charge >= 0.3 is 18.1 Å². The number of hydrogen-bond donors (Lipinski definition) is 0. The maximum absolute atomic E-state index is 13.8. The number of amides is 4. The zero-order valence-corrected chi connectivity index (χ0v) is 21.3. The minimum absolute atomic E-state index is 0.0636. The van der Waals surface area contributed by atoms with Crippen LogP contribution in [0.15, 0.2) is 78.0 Å². The van der Waals surface area contributed by atoms with Crippen molar-refractivity contribution in [1.82, 2.24) is 0 Å². The first kappa shape index (κ1) is 29.7. The molecule has 0 N–H and O–H groups in total. The Hall–Kier alpha value is -4.54. The molecule has 0 atom stereocenters. The molecule has 0 aliphatic carbocycles. The number of alkyl halides is 3. The SMILES string of the molecule is CC.CCN(C=O)c1ccc(C(F)(F)F)cc1N(C(=O)N(C)c1cccc(C(=O)N=O)c1)c1ccccc1. The van der Waals surface area contributed by atoms with E-state index in [2.05, 4.69) is 5.18 Å². The average Bonchev–Trinajstić information content (AvgIpc) is 2.94. The second-order valence-electron chi connectivity index (χ2n) is 7.55. The van der Waals surface area contributed by atoms with Crippen molar-refractivity contribution < 1.29 is 27.6 Å². The minimum Gasteiger partial charge on any atom is -0.313 e. The number of halogens is 3. The highest BCUT2D eigenvalue weighted by molar-refractivity contribution is 6.11. The first-order valence-corrected chi connectivity index (χ1v) is 11.7. The van der Waals surface area contributed by atoms with E-state index in [4.69, 9.17) is 0 Å². The summed E-state index contributed by atoms with van der Waals surface area (Å²) < 4.78 is 40.9. The summed E-state index contributed by atoms with van der Waals surface area (Å²) in [6.45, 7) is 5.78. The molecule has 11 heteroatoms. The van der Waals surface area contributed by atoms with Crippen LogP contribution in [-0.2, 0) is 11.0 Å². The van der Waals surface area contributed by atoms with E-state index < -0.39 is 23.7 Å². The lowest BCUT2D eigenvalue weighted by Gasteiger charge is -2.32. The molecule has 0 spiro atoms. The van der Waals surface area contributed by atoms with Gasteiger partial charge in [0.2, 0.25) is 6.41 Å². The van der Waals surface area contributed by atoms with Crippen LogP contribution in [0, 0.1) is 4.91 Å². The Kier molecular flexibility index (Phi) is 10.3. The summed E-state index contributed by atoms with van der Waals surface area (Å²) in [6.07, 6.45) is -4.25. The summed E-state index contributed by atoms with van der Waals surface area (Å²) in [5.74, 6) is -1.04. The minimum atomic E-state index is -4.71. The number of urea groups is 1. The van der Waals surface area contributed by atoms with E-state index in [-0.39, 0.29) is 34.9 Å². The summed E-state index contributed by atoms with van der Waals surface area (Å²) in [4.78, 5) is 51.2. The van der Waals surface area contributed by atoms with Crippen molar-refractivity contribution in [3.8, 4) is 0 Å².